The molecule has 6 rings (SSSR count). The van der Waals surface area contributed by atoms with E-state index in [1.807, 2.05) is 29.9 Å². The summed E-state index contributed by atoms with van der Waals surface area (Å²) in [6.45, 7) is 1.26. The highest BCUT2D eigenvalue weighted by atomic mass is 16.5. The number of benzene rings is 1. The van der Waals surface area contributed by atoms with E-state index in [1.165, 1.54) is 12.8 Å². The quantitative estimate of drug-likeness (QED) is 0.432. The summed E-state index contributed by atoms with van der Waals surface area (Å²) < 4.78 is 10.1. The Balaban J connectivity index is 1.47. The second-order valence-electron chi connectivity index (χ2n) is 10.2. The van der Waals surface area contributed by atoms with Gasteiger partial charge in [0.25, 0.3) is 5.91 Å². The van der Waals surface area contributed by atoms with Gasteiger partial charge in [-0.1, -0.05) is 0 Å². The van der Waals surface area contributed by atoms with E-state index in [0.29, 0.717) is 35.7 Å². The minimum Gasteiger partial charge on any atom is -0.494 e. The lowest BCUT2D eigenvalue weighted by Gasteiger charge is -2.37. The van der Waals surface area contributed by atoms with Crippen molar-refractivity contribution in [3.63, 3.8) is 0 Å². The van der Waals surface area contributed by atoms with Gasteiger partial charge in [0, 0.05) is 43.3 Å². The molecule has 9 nitrogen and oxygen atoms in total. The number of nitrogens with two attached hydrogens (primary N) is 1. The van der Waals surface area contributed by atoms with Crippen LogP contribution >= 0.6 is 0 Å². The summed E-state index contributed by atoms with van der Waals surface area (Å²) in [4.78, 5) is 24.9. The molecular weight excluding hydrogens is 456 g/mol. The highest BCUT2D eigenvalue weighted by Gasteiger charge is 2.32. The number of imidazole rings is 1. The maximum absolute atomic E-state index is 13.5. The van der Waals surface area contributed by atoms with Crippen LogP contribution in [-0.2, 0) is 13.6 Å². The predicted molar refractivity (Wildman–Crippen MR) is 138 cm³/mol. The number of hydrogen-bond donors (Lipinski definition) is 2. The Kier molecular flexibility index (Phi) is 5.69. The molecule has 9 heteroatoms. The van der Waals surface area contributed by atoms with Gasteiger partial charge in [-0.2, -0.15) is 0 Å². The molecule has 0 bridgehead atoms. The number of rotatable bonds is 6. The number of pyridine rings is 1. The van der Waals surface area contributed by atoms with Crippen LogP contribution in [-0.4, -0.2) is 67.4 Å². The average molecular weight is 489 g/mol. The lowest BCUT2D eigenvalue weighted by molar-refractivity contribution is 0.0472. The number of piperidine rings is 1. The Morgan fingerprint density at radius 2 is 2.06 bits per heavy atom. The SMILES string of the molecule is COc1cc(C(=O)N2C[C@H](N)CCC2CO)cc2nc(-c3cc4cccnc4n3CC3CC3)n(C)c12. The van der Waals surface area contributed by atoms with Crippen LogP contribution in [0.3, 0.4) is 0 Å². The standard InChI is InChI=1S/C27H32N6O3/c1-31-24-21(10-18(12-23(24)36-2)27(35)32-14-19(28)7-8-20(32)15-34)30-26(31)22-11-17-4-3-9-29-25(17)33(22)13-16-5-6-16/h3-4,9-12,16,19-20,34H,5-8,13-15,28H2,1-2H3/t19-,20?/m1/s1. The van der Waals surface area contributed by atoms with E-state index >= 15 is 0 Å². The molecule has 36 heavy (non-hydrogen) atoms. The molecule has 0 radical (unpaired) electrons. The van der Waals surface area contributed by atoms with Gasteiger partial charge in [-0.15, -0.1) is 0 Å². The maximum atomic E-state index is 13.5. The average Bonchev–Trinajstić information content (AvgIpc) is 3.56. The minimum atomic E-state index is -0.232. The predicted octanol–water partition coefficient (Wildman–Crippen LogP) is 2.93. The van der Waals surface area contributed by atoms with Crippen molar-refractivity contribution in [3.05, 3.63) is 42.1 Å². The first-order valence-electron chi connectivity index (χ1n) is 12.6. The molecule has 1 aliphatic carbocycles. The van der Waals surface area contributed by atoms with Crippen LogP contribution in [0.2, 0.25) is 0 Å². The molecule has 4 aromatic rings. The zero-order valence-electron chi connectivity index (χ0n) is 20.7. The van der Waals surface area contributed by atoms with E-state index in [-0.39, 0.29) is 24.6 Å². The van der Waals surface area contributed by atoms with Crippen molar-refractivity contribution in [2.24, 2.45) is 18.7 Å². The van der Waals surface area contributed by atoms with Gasteiger partial charge in [-0.05, 0) is 61.9 Å². The molecule has 2 fully saturated rings. The van der Waals surface area contributed by atoms with Gasteiger partial charge in [0.05, 0.1) is 31.0 Å². The van der Waals surface area contributed by atoms with Crippen molar-refractivity contribution < 1.29 is 14.6 Å². The first-order valence-corrected chi connectivity index (χ1v) is 12.6. The second kappa shape index (κ2) is 8.90. The van der Waals surface area contributed by atoms with Gasteiger partial charge in [-0.25, -0.2) is 9.97 Å². The first kappa shape index (κ1) is 23.0. The Morgan fingerprint density at radius 3 is 2.81 bits per heavy atom. The second-order valence-corrected chi connectivity index (χ2v) is 10.2. The minimum absolute atomic E-state index is 0.0782. The van der Waals surface area contributed by atoms with Crippen LogP contribution in [0.25, 0.3) is 33.6 Å². The fraction of sp³-hybridized carbons (Fsp3) is 0.444. The van der Waals surface area contributed by atoms with E-state index in [1.54, 1.807) is 18.1 Å². The molecule has 1 saturated heterocycles. The maximum Gasteiger partial charge on any atom is 0.254 e. The van der Waals surface area contributed by atoms with Crippen LogP contribution in [0.1, 0.15) is 36.0 Å². The third kappa shape index (κ3) is 3.83. The third-order valence-corrected chi connectivity index (χ3v) is 7.64. The molecule has 1 saturated carbocycles. The normalized spacial score (nSPS) is 20.4. The summed E-state index contributed by atoms with van der Waals surface area (Å²) in [6.07, 6.45) is 5.80. The van der Waals surface area contributed by atoms with Crippen LogP contribution in [0.4, 0.5) is 0 Å². The van der Waals surface area contributed by atoms with Crippen molar-refractivity contribution in [1.29, 1.82) is 0 Å². The molecule has 2 atom stereocenters. The van der Waals surface area contributed by atoms with Gasteiger partial charge in [0.2, 0.25) is 0 Å². The number of likely N-dealkylation sites (tertiary alicyclic amines) is 1. The number of amides is 1. The smallest absolute Gasteiger partial charge is 0.254 e. The Morgan fingerprint density at radius 1 is 1.22 bits per heavy atom. The fourth-order valence-electron chi connectivity index (χ4n) is 5.49. The Hall–Kier alpha value is -3.43. The number of aliphatic hydroxyl groups is 1. The fourth-order valence-corrected chi connectivity index (χ4v) is 5.49. The van der Waals surface area contributed by atoms with Crippen molar-refractivity contribution >= 4 is 28.0 Å². The molecule has 3 N–H and O–H groups in total. The molecule has 1 aliphatic heterocycles. The van der Waals surface area contributed by atoms with Crippen LogP contribution in [0, 0.1) is 5.92 Å². The zero-order chi connectivity index (χ0) is 25.0. The van der Waals surface area contributed by atoms with Gasteiger partial charge in [-0.3, -0.25) is 4.79 Å². The van der Waals surface area contributed by atoms with E-state index in [2.05, 4.69) is 21.7 Å². The van der Waals surface area contributed by atoms with Gasteiger partial charge >= 0.3 is 0 Å². The summed E-state index contributed by atoms with van der Waals surface area (Å²) in [5.41, 5.74) is 10.1. The summed E-state index contributed by atoms with van der Waals surface area (Å²) in [5, 5.41) is 10.9. The molecular formula is C27H32N6O3. The Bertz CT molecular complexity index is 1450. The highest BCUT2D eigenvalue weighted by molar-refractivity contribution is 6.00. The molecule has 1 amide bonds. The van der Waals surface area contributed by atoms with Crippen LogP contribution in [0.5, 0.6) is 5.75 Å². The number of aryl methyl sites for hydroxylation is 1. The number of ether oxygens (including phenoxy) is 1. The number of aliphatic hydroxyl groups excluding tert-OH is 1. The molecule has 2 aliphatic rings. The topological polar surface area (TPSA) is 111 Å². The summed E-state index contributed by atoms with van der Waals surface area (Å²) in [6, 6.07) is 9.45. The number of carbonyl (C=O) groups is 1. The largest absolute Gasteiger partial charge is 0.494 e. The molecule has 1 aromatic carbocycles. The summed E-state index contributed by atoms with van der Waals surface area (Å²) in [7, 11) is 3.59. The zero-order valence-corrected chi connectivity index (χ0v) is 20.7. The number of hydrogen-bond acceptors (Lipinski definition) is 6. The third-order valence-electron chi connectivity index (χ3n) is 7.64. The number of methoxy groups -OCH3 is 1. The van der Waals surface area contributed by atoms with Crippen LogP contribution in [0.15, 0.2) is 36.5 Å². The lowest BCUT2D eigenvalue weighted by Crippen LogP contribution is -2.52. The molecule has 3 aromatic heterocycles. The first-order chi connectivity index (χ1) is 17.5. The van der Waals surface area contributed by atoms with Crippen LogP contribution < -0.4 is 10.5 Å². The van der Waals surface area contributed by atoms with Crippen molar-refractivity contribution in [2.75, 3.05) is 20.3 Å². The Labute approximate surface area is 209 Å². The van der Waals surface area contributed by atoms with Gasteiger partial charge in [0.1, 0.15) is 16.9 Å². The van der Waals surface area contributed by atoms with Crippen molar-refractivity contribution in [2.45, 2.75) is 44.3 Å². The van der Waals surface area contributed by atoms with E-state index in [4.69, 9.17) is 15.5 Å². The van der Waals surface area contributed by atoms with E-state index in [0.717, 1.165) is 41.0 Å². The van der Waals surface area contributed by atoms with E-state index in [9.17, 15) is 9.90 Å². The van der Waals surface area contributed by atoms with Crippen molar-refractivity contribution in [3.8, 4) is 17.3 Å². The summed E-state index contributed by atoms with van der Waals surface area (Å²) >= 11 is 0. The number of nitrogens with zero attached hydrogens (tertiary/aromatic N) is 5. The van der Waals surface area contributed by atoms with E-state index < -0.39 is 0 Å². The molecule has 188 valence electrons. The molecule has 1 unspecified atom stereocenters. The summed E-state index contributed by atoms with van der Waals surface area (Å²) in [5.74, 6) is 1.90. The number of carbonyl (C=O) groups excluding carboxylic acids is 1. The molecule has 4 heterocycles. The van der Waals surface area contributed by atoms with Crippen molar-refractivity contribution in [1.82, 2.24) is 24.0 Å². The number of fused-ring (bicyclic) bond motifs is 2. The molecule has 0 spiro atoms. The lowest BCUT2D eigenvalue weighted by atomic mass is 9.98. The highest BCUT2D eigenvalue weighted by Crippen LogP contribution is 2.37. The van der Waals surface area contributed by atoms with Gasteiger partial charge < -0.3 is 29.6 Å². The monoisotopic (exact) mass is 488 g/mol. The number of aromatic nitrogens is 4. The van der Waals surface area contributed by atoms with Gasteiger partial charge in [0.15, 0.2) is 5.82 Å².